The standard InChI is InChI=1S/C22H22N6OS/c1-22(7-3-8-25-22)14-24-21(29)15-5-9-23-18(12-15)16-13-26-28-10-6-17(27-20(16)28)19-4-2-11-30-19/h2,4-6,9-13,25H,3,7-8,14H2,1H3,(H,24,29)/t22-/m0/s1. The van der Waals surface area contributed by atoms with Crippen LogP contribution in [0.4, 0.5) is 0 Å². The van der Waals surface area contributed by atoms with E-state index in [9.17, 15) is 4.79 Å². The highest BCUT2D eigenvalue weighted by Crippen LogP contribution is 2.27. The van der Waals surface area contributed by atoms with E-state index in [1.165, 1.54) is 0 Å². The van der Waals surface area contributed by atoms with Crippen molar-refractivity contribution in [2.24, 2.45) is 0 Å². The third-order valence-electron chi connectivity index (χ3n) is 5.54. The molecular formula is C22H22N6OS. The summed E-state index contributed by atoms with van der Waals surface area (Å²) in [5.41, 5.74) is 3.64. The summed E-state index contributed by atoms with van der Waals surface area (Å²) in [6.45, 7) is 3.75. The molecule has 5 heterocycles. The number of nitrogens with one attached hydrogen (secondary N) is 2. The summed E-state index contributed by atoms with van der Waals surface area (Å²) in [5, 5.41) is 12.9. The Morgan fingerprint density at radius 2 is 2.27 bits per heavy atom. The second-order valence-electron chi connectivity index (χ2n) is 7.82. The van der Waals surface area contributed by atoms with Crippen LogP contribution in [0.5, 0.6) is 0 Å². The van der Waals surface area contributed by atoms with Crippen molar-refractivity contribution in [3.63, 3.8) is 0 Å². The van der Waals surface area contributed by atoms with Crippen molar-refractivity contribution in [3.8, 4) is 21.8 Å². The number of carbonyl (C=O) groups is 1. The highest BCUT2D eigenvalue weighted by molar-refractivity contribution is 7.13. The molecule has 152 valence electrons. The molecule has 0 unspecified atom stereocenters. The molecule has 7 nitrogen and oxygen atoms in total. The van der Waals surface area contributed by atoms with Crippen LogP contribution in [-0.4, -0.2) is 44.1 Å². The molecule has 30 heavy (non-hydrogen) atoms. The largest absolute Gasteiger partial charge is 0.350 e. The van der Waals surface area contributed by atoms with Crippen LogP contribution in [0.25, 0.3) is 27.5 Å². The first-order chi connectivity index (χ1) is 14.6. The van der Waals surface area contributed by atoms with E-state index in [1.54, 1.807) is 40.4 Å². The number of pyridine rings is 1. The minimum absolute atomic E-state index is 0.0317. The molecule has 4 aromatic rings. The van der Waals surface area contributed by atoms with E-state index >= 15 is 0 Å². The van der Waals surface area contributed by atoms with Crippen LogP contribution >= 0.6 is 11.3 Å². The van der Waals surface area contributed by atoms with Crippen molar-refractivity contribution in [1.29, 1.82) is 0 Å². The molecule has 0 radical (unpaired) electrons. The molecule has 0 aliphatic carbocycles. The molecule has 1 atom stereocenters. The van der Waals surface area contributed by atoms with Gasteiger partial charge in [-0.3, -0.25) is 9.78 Å². The Morgan fingerprint density at radius 1 is 1.33 bits per heavy atom. The Bertz CT molecular complexity index is 1190. The van der Waals surface area contributed by atoms with E-state index in [-0.39, 0.29) is 11.4 Å². The zero-order valence-electron chi connectivity index (χ0n) is 16.6. The molecule has 5 rings (SSSR count). The Kier molecular flexibility index (Phi) is 4.80. The number of carbonyl (C=O) groups excluding carboxylic acids is 1. The van der Waals surface area contributed by atoms with Gasteiger partial charge in [-0.25, -0.2) is 9.50 Å². The predicted octanol–water partition coefficient (Wildman–Crippen LogP) is 3.39. The summed E-state index contributed by atoms with van der Waals surface area (Å²) in [6.07, 6.45) is 7.50. The fourth-order valence-corrected chi connectivity index (χ4v) is 4.51. The summed E-state index contributed by atoms with van der Waals surface area (Å²) in [4.78, 5) is 23.1. The first kappa shape index (κ1) is 18.9. The molecule has 1 amide bonds. The molecule has 1 saturated heterocycles. The van der Waals surface area contributed by atoms with Crippen molar-refractivity contribution < 1.29 is 4.79 Å². The monoisotopic (exact) mass is 418 g/mol. The number of hydrogen-bond donors (Lipinski definition) is 2. The topological polar surface area (TPSA) is 84.2 Å². The second-order valence-corrected chi connectivity index (χ2v) is 8.77. The van der Waals surface area contributed by atoms with Crippen molar-refractivity contribution in [2.45, 2.75) is 25.3 Å². The van der Waals surface area contributed by atoms with E-state index in [2.05, 4.69) is 27.6 Å². The average Bonchev–Trinajstić information content (AvgIpc) is 3.53. The summed E-state index contributed by atoms with van der Waals surface area (Å²) < 4.78 is 1.73. The van der Waals surface area contributed by atoms with Gasteiger partial charge in [-0.1, -0.05) is 6.07 Å². The van der Waals surface area contributed by atoms with Gasteiger partial charge in [0.1, 0.15) is 0 Å². The maximum absolute atomic E-state index is 12.7. The molecule has 1 fully saturated rings. The summed E-state index contributed by atoms with van der Waals surface area (Å²) >= 11 is 1.64. The maximum atomic E-state index is 12.7. The molecule has 0 bridgehead atoms. The lowest BCUT2D eigenvalue weighted by atomic mass is 10.0. The van der Waals surface area contributed by atoms with E-state index in [0.717, 1.165) is 35.5 Å². The fourth-order valence-electron chi connectivity index (χ4n) is 3.82. The van der Waals surface area contributed by atoms with Gasteiger partial charge in [0, 0.05) is 30.0 Å². The van der Waals surface area contributed by atoms with Gasteiger partial charge in [0.05, 0.1) is 28.0 Å². The van der Waals surface area contributed by atoms with E-state index < -0.39 is 0 Å². The number of aromatic nitrogens is 4. The van der Waals surface area contributed by atoms with Crippen molar-refractivity contribution >= 4 is 22.9 Å². The first-order valence-corrected chi connectivity index (χ1v) is 10.9. The minimum atomic E-state index is -0.0997. The molecule has 0 aromatic carbocycles. The Morgan fingerprint density at radius 3 is 3.07 bits per heavy atom. The quantitative estimate of drug-likeness (QED) is 0.519. The number of thiophene rings is 1. The predicted molar refractivity (Wildman–Crippen MR) is 118 cm³/mol. The summed E-state index contributed by atoms with van der Waals surface area (Å²) in [6, 6.07) is 9.54. The fraction of sp³-hybridized carbons (Fsp3) is 0.273. The van der Waals surface area contributed by atoms with Crippen LogP contribution in [0.1, 0.15) is 30.1 Å². The smallest absolute Gasteiger partial charge is 0.251 e. The van der Waals surface area contributed by atoms with Crippen LogP contribution < -0.4 is 10.6 Å². The number of fused-ring (bicyclic) bond motifs is 1. The summed E-state index contributed by atoms with van der Waals surface area (Å²) in [7, 11) is 0. The third kappa shape index (κ3) is 3.59. The number of nitrogens with zero attached hydrogens (tertiary/aromatic N) is 4. The van der Waals surface area contributed by atoms with Gasteiger partial charge in [0.2, 0.25) is 0 Å². The van der Waals surface area contributed by atoms with Crippen molar-refractivity contribution in [2.75, 3.05) is 13.1 Å². The lowest BCUT2D eigenvalue weighted by Crippen LogP contribution is -2.47. The number of hydrogen-bond acceptors (Lipinski definition) is 6. The number of rotatable bonds is 5. The highest BCUT2D eigenvalue weighted by atomic mass is 32.1. The average molecular weight is 419 g/mol. The highest BCUT2D eigenvalue weighted by Gasteiger charge is 2.28. The van der Waals surface area contributed by atoms with Crippen LogP contribution in [0.3, 0.4) is 0 Å². The van der Waals surface area contributed by atoms with E-state index in [0.29, 0.717) is 23.4 Å². The Hall–Kier alpha value is -3.10. The number of amides is 1. The van der Waals surface area contributed by atoms with Gasteiger partial charge in [0.15, 0.2) is 5.65 Å². The van der Waals surface area contributed by atoms with Crippen molar-refractivity contribution in [3.05, 3.63) is 59.9 Å². The van der Waals surface area contributed by atoms with Crippen LogP contribution in [0.15, 0.2) is 54.3 Å². The second kappa shape index (κ2) is 7.62. The molecule has 1 aliphatic heterocycles. The Labute approximate surface area is 178 Å². The van der Waals surface area contributed by atoms with Gasteiger partial charge in [0.25, 0.3) is 5.91 Å². The van der Waals surface area contributed by atoms with Gasteiger partial charge >= 0.3 is 0 Å². The van der Waals surface area contributed by atoms with Gasteiger partial charge in [-0.05, 0) is 56.0 Å². The van der Waals surface area contributed by atoms with Crippen LogP contribution in [0.2, 0.25) is 0 Å². The van der Waals surface area contributed by atoms with Crippen LogP contribution in [0, 0.1) is 0 Å². The van der Waals surface area contributed by atoms with Crippen LogP contribution in [-0.2, 0) is 0 Å². The van der Waals surface area contributed by atoms with Gasteiger partial charge in [-0.15, -0.1) is 11.3 Å². The zero-order valence-corrected chi connectivity index (χ0v) is 17.4. The molecule has 8 heteroatoms. The van der Waals surface area contributed by atoms with Crippen molar-refractivity contribution in [1.82, 2.24) is 30.2 Å². The molecule has 2 N–H and O–H groups in total. The minimum Gasteiger partial charge on any atom is -0.350 e. The first-order valence-electron chi connectivity index (χ1n) is 9.99. The molecular weight excluding hydrogens is 396 g/mol. The van der Waals surface area contributed by atoms with E-state index in [1.807, 2.05) is 29.8 Å². The SMILES string of the molecule is C[C@@]1(CNC(=O)c2ccnc(-c3cnn4ccc(-c5cccs5)nc34)c2)CCCN1. The lowest BCUT2D eigenvalue weighted by Gasteiger charge is -2.24. The molecule has 0 spiro atoms. The zero-order chi connectivity index (χ0) is 20.6. The van der Waals surface area contributed by atoms with Gasteiger partial charge in [-0.2, -0.15) is 5.10 Å². The van der Waals surface area contributed by atoms with E-state index in [4.69, 9.17) is 4.98 Å². The molecule has 0 saturated carbocycles. The normalized spacial score (nSPS) is 18.7. The Balaban J connectivity index is 1.43. The van der Waals surface area contributed by atoms with Gasteiger partial charge < -0.3 is 10.6 Å². The maximum Gasteiger partial charge on any atom is 0.251 e. The lowest BCUT2D eigenvalue weighted by molar-refractivity contribution is 0.0942. The molecule has 1 aliphatic rings. The summed E-state index contributed by atoms with van der Waals surface area (Å²) in [5.74, 6) is -0.0997. The third-order valence-corrected chi connectivity index (χ3v) is 6.43. The molecule has 4 aromatic heterocycles.